The SMILES string of the molecule is CSC1COC(/C=C/c2ccc(Cl)cc2)OC1. The number of hydrogen-bond donors (Lipinski definition) is 0. The molecule has 92 valence electrons. The lowest BCUT2D eigenvalue weighted by molar-refractivity contribution is -0.145. The Kier molecular flexibility index (Phi) is 4.92. The molecule has 0 saturated carbocycles. The van der Waals surface area contributed by atoms with Crippen LogP contribution >= 0.6 is 23.4 Å². The topological polar surface area (TPSA) is 18.5 Å². The van der Waals surface area contributed by atoms with Gasteiger partial charge in [-0.25, -0.2) is 0 Å². The van der Waals surface area contributed by atoms with Gasteiger partial charge in [0.25, 0.3) is 0 Å². The Labute approximate surface area is 111 Å². The third-order valence-electron chi connectivity index (χ3n) is 2.54. The molecule has 1 heterocycles. The highest BCUT2D eigenvalue weighted by Crippen LogP contribution is 2.17. The molecule has 0 unspecified atom stereocenters. The van der Waals surface area contributed by atoms with Crippen molar-refractivity contribution in [1.82, 2.24) is 0 Å². The summed E-state index contributed by atoms with van der Waals surface area (Å²) in [6.07, 6.45) is 5.76. The van der Waals surface area contributed by atoms with Gasteiger partial charge >= 0.3 is 0 Å². The number of thioether (sulfide) groups is 1. The van der Waals surface area contributed by atoms with Crippen LogP contribution in [0.25, 0.3) is 6.08 Å². The van der Waals surface area contributed by atoms with Crippen LogP contribution in [0.3, 0.4) is 0 Å². The molecule has 1 aliphatic heterocycles. The van der Waals surface area contributed by atoms with Gasteiger partial charge < -0.3 is 9.47 Å². The van der Waals surface area contributed by atoms with Crippen LogP contribution in [0.1, 0.15) is 5.56 Å². The van der Waals surface area contributed by atoms with E-state index in [4.69, 9.17) is 21.1 Å². The van der Waals surface area contributed by atoms with Crippen molar-refractivity contribution in [3.63, 3.8) is 0 Å². The van der Waals surface area contributed by atoms with Gasteiger partial charge in [0.1, 0.15) is 0 Å². The molecule has 0 aliphatic carbocycles. The summed E-state index contributed by atoms with van der Waals surface area (Å²) >= 11 is 7.59. The first-order valence-corrected chi connectivity index (χ1v) is 7.14. The number of rotatable bonds is 3. The number of hydrogen-bond acceptors (Lipinski definition) is 3. The molecule has 1 fully saturated rings. The number of halogens is 1. The zero-order chi connectivity index (χ0) is 12.1. The van der Waals surface area contributed by atoms with Gasteiger partial charge in [0.15, 0.2) is 6.29 Å². The van der Waals surface area contributed by atoms with Crippen LogP contribution < -0.4 is 0 Å². The molecule has 2 nitrogen and oxygen atoms in total. The summed E-state index contributed by atoms with van der Waals surface area (Å²) in [5.74, 6) is 0. The van der Waals surface area contributed by atoms with E-state index in [1.165, 1.54) is 0 Å². The smallest absolute Gasteiger partial charge is 0.177 e. The summed E-state index contributed by atoms with van der Waals surface area (Å²) in [5.41, 5.74) is 1.09. The van der Waals surface area contributed by atoms with Crippen LogP contribution in [-0.2, 0) is 9.47 Å². The van der Waals surface area contributed by atoms with Crippen molar-refractivity contribution in [3.8, 4) is 0 Å². The summed E-state index contributed by atoms with van der Waals surface area (Å²) in [7, 11) is 0. The molecule has 4 heteroatoms. The molecule has 0 amide bonds. The largest absolute Gasteiger partial charge is 0.348 e. The summed E-state index contributed by atoms with van der Waals surface area (Å²) in [6, 6.07) is 7.67. The van der Waals surface area contributed by atoms with E-state index in [0.717, 1.165) is 23.8 Å². The third-order valence-corrected chi connectivity index (χ3v) is 3.73. The first-order chi connectivity index (χ1) is 8.28. The molecule has 0 atom stereocenters. The van der Waals surface area contributed by atoms with Crippen molar-refractivity contribution in [3.05, 3.63) is 40.9 Å². The molecule has 1 aliphatic rings. The van der Waals surface area contributed by atoms with Gasteiger partial charge in [-0.15, -0.1) is 0 Å². The van der Waals surface area contributed by atoms with E-state index in [0.29, 0.717) is 5.25 Å². The van der Waals surface area contributed by atoms with E-state index >= 15 is 0 Å². The summed E-state index contributed by atoms with van der Waals surface area (Å²) in [5, 5.41) is 1.20. The van der Waals surface area contributed by atoms with Crippen LogP contribution in [-0.4, -0.2) is 31.0 Å². The van der Waals surface area contributed by atoms with Crippen LogP contribution in [0.15, 0.2) is 30.3 Å². The predicted molar refractivity (Wildman–Crippen MR) is 73.5 cm³/mol. The van der Waals surface area contributed by atoms with Gasteiger partial charge in [-0.05, 0) is 30.0 Å². The molecule has 1 saturated heterocycles. The van der Waals surface area contributed by atoms with Crippen molar-refractivity contribution >= 4 is 29.4 Å². The Morgan fingerprint density at radius 3 is 2.47 bits per heavy atom. The second-order valence-electron chi connectivity index (χ2n) is 3.80. The van der Waals surface area contributed by atoms with E-state index < -0.39 is 0 Å². The van der Waals surface area contributed by atoms with Gasteiger partial charge in [-0.2, -0.15) is 11.8 Å². The Bertz CT molecular complexity index is 370. The minimum Gasteiger partial charge on any atom is -0.348 e. The molecule has 0 aromatic heterocycles. The maximum atomic E-state index is 5.82. The lowest BCUT2D eigenvalue weighted by Gasteiger charge is -2.26. The number of benzene rings is 1. The molecule has 0 N–H and O–H groups in total. The fourth-order valence-corrected chi connectivity index (χ4v) is 2.07. The first-order valence-electron chi connectivity index (χ1n) is 5.47. The van der Waals surface area contributed by atoms with Crippen molar-refractivity contribution in [1.29, 1.82) is 0 Å². The Balaban J connectivity index is 1.87. The maximum Gasteiger partial charge on any atom is 0.177 e. The van der Waals surface area contributed by atoms with Crippen LogP contribution in [0, 0.1) is 0 Å². The predicted octanol–water partition coefficient (Wildman–Crippen LogP) is 3.46. The maximum absolute atomic E-state index is 5.82. The van der Waals surface area contributed by atoms with E-state index in [-0.39, 0.29) is 6.29 Å². The molecular weight excluding hydrogens is 256 g/mol. The van der Waals surface area contributed by atoms with E-state index in [9.17, 15) is 0 Å². The zero-order valence-corrected chi connectivity index (χ0v) is 11.2. The van der Waals surface area contributed by atoms with Crippen LogP contribution in [0.2, 0.25) is 5.02 Å². The Morgan fingerprint density at radius 2 is 1.88 bits per heavy atom. The van der Waals surface area contributed by atoms with E-state index in [2.05, 4.69) is 6.26 Å². The average molecular weight is 271 g/mol. The summed E-state index contributed by atoms with van der Waals surface area (Å²) in [4.78, 5) is 0. The molecule has 0 radical (unpaired) electrons. The average Bonchev–Trinajstić information content (AvgIpc) is 2.39. The normalized spacial score (nSPS) is 25.3. The fraction of sp³-hybridized carbons (Fsp3) is 0.385. The van der Waals surface area contributed by atoms with Gasteiger partial charge in [0, 0.05) is 5.02 Å². The molecule has 0 spiro atoms. The highest BCUT2D eigenvalue weighted by atomic mass is 35.5. The first kappa shape index (κ1) is 13.0. The van der Waals surface area contributed by atoms with Gasteiger partial charge in [-0.3, -0.25) is 0 Å². The monoisotopic (exact) mass is 270 g/mol. The highest BCUT2D eigenvalue weighted by molar-refractivity contribution is 7.99. The van der Waals surface area contributed by atoms with Crippen molar-refractivity contribution < 1.29 is 9.47 Å². The molecule has 1 aromatic carbocycles. The van der Waals surface area contributed by atoms with Crippen LogP contribution in [0.4, 0.5) is 0 Å². The molecule has 0 bridgehead atoms. The second-order valence-corrected chi connectivity index (χ2v) is 5.38. The van der Waals surface area contributed by atoms with Crippen molar-refractivity contribution in [2.24, 2.45) is 0 Å². The standard InChI is InChI=1S/C13H15ClO2S/c1-17-12-8-15-13(16-9-12)7-4-10-2-5-11(14)6-3-10/h2-7,12-13H,8-9H2,1H3/b7-4+. The van der Waals surface area contributed by atoms with Crippen LogP contribution in [0.5, 0.6) is 0 Å². The lowest BCUT2D eigenvalue weighted by atomic mass is 10.2. The van der Waals surface area contributed by atoms with Crippen molar-refractivity contribution in [2.75, 3.05) is 19.5 Å². The molecule has 1 aromatic rings. The van der Waals surface area contributed by atoms with Gasteiger partial charge in [0.2, 0.25) is 0 Å². The third kappa shape index (κ3) is 4.03. The molecule has 17 heavy (non-hydrogen) atoms. The van der Waals surface area contributed by atoms with Gasteiger partial charge in [-0.1, -0.05) is 29.8 Å². The highest BCUT2D eigenvalue weighted by Gasteiger charge is 2.18. The number of ether oxygens (including phenoxy) is 2. The Hall–Kier alpha value is -0.480. The quantitative estimate of drug-likeness (QED) is 0.838. The second kappa shape index (κ2) is 6.45. The van der Waals surface area contributed by atoms with Crippen molar-refractivity contribution in [2.45, 2.75) is 11.5 Å². The van der Waals surface area contributed by atoms with E-state index in [1.807, 2.05) is 36.4 Å². The zero-order valence-electron chi connectivity index (χ0n) is 9.64. The van der Waals surface area contributed by atoms with Gasteiger partial charge in [0.05, 0.1) is 18.5 Å². The summed E-state index contributed by atoms with van der Waals surface area (Å²) in [6.45, 7) is 1.49. The Morgan fingerprint density at radius 1 is 1.24 bits per heavy atom. The molecular formula is C13H15ClO2S. The fourth-order valence-electron chi connectivity index (χ4n) is 1.51. The minimum atomic E-state index is -0.228. The molecule has 2 rings (SSSR count). The summed E-state index contributed by atoms with van der Waals surface area (Å²) < 4.78 is 11.1. The minimum absolute atomic E-state index is 0.228. The van der Waals surface area contributed by atoms with E-state index in [1.54, 1.807) is 11.8 Å². The lowest BCUT2D eigenvalue weighted by Crippen LogP contribution is -2.32.